The van der Waals surface area contributed by atoms with Crippen LogP contribution in [-0.2, 0) is 11.3 Å². The summed E-state index contributed by atoms with van der Waals surface area (Å²) in [6.45, 7) is 6.37. The molecule has 0 saturated carbocycles. The molecule has 1 aliphatic rings. The first-order valence-electron chi connectivity index (χ1n) is 6.78. The molecular formula is C15H22N2O2. The Labute approximate surface area is 114 Å². The summed E-state index contributed by atoms with van der Waals surface area (Å²) in [7, 11) is 0. The summed E-state index contributed by atoms with van der Waals surface area (Å²) < 4.78 is 0. The number of benzene rings is 1. The fraction of sp³-hybridized carbons (Fsp3) is 0.533. The second kappa shape index (κ2) is 6.17. The number of carbonyl (C=O) groups is 1. The number of carbonyl (C=O) groups excluding carboxylic acids is 1. The van der Waals surface area contributed by atoms with Crippen molar-refractivity contribution < 1.29 is 9.90 Å². The van der Waals surface area contributed by atoms with E-state index in [1.165, 1.54) is 5.56 Å². The maximum absolute atomic E-state index is 11.9. The first-order chi connectivity index (χ1) is 9.06. The standard InChI is InChI=1S/C15H22N2O2/c1-11-5-3-4-6-13(11)7-16-15(19)10-17-8-12(2)14(18)9-17/h3-6,12,14,18H,7-10H2,1-2H3,(H,16,19)/t12-,14+/m1/s1. The van der Waals surface area contributed by atoms with Gasteiger partial charge >= 0.3 is 0 Å². The highest BCUT2D eigenvalue weighted by Crippen LogP contribution is 2.15. The van der Waals surface area contributed by atoms with E-state index in [4.69, 9.17) is 0 Å². The van der Waals surface area contributed by atoms with E-state index in [2.05, 4.69) is 5.32 Å². The van der Waals surface area contributed by atoms with Crippen molar-refractivity contribution in [2.45, 2.75) is 26.5 Å². The lowest BCUT2D eigenvalue weighted by molar-refractivity contribution is -0.122. The molecule has 4 heteroatoms. The average Bonchev–Trinajstić information content (AvgIpc) is 2.67. The van der Waals surface area contributed by atoms with E-state index in [9.17, 15) is 9.90 Å². The molecule has 2 rings (SSSR count). The summed E-state index contributed by atoms with van der Waals surface area (Å²) in [6.07, 6.45) is -0.302. The van der Waals surface area contributed by atoms with Crippen molar-refractivity contribution >= 4 is 5.91 Å². The molecule has 2 N–H and O–H groups in total. The molecule has 0 unspecified atom stereocenters. The predicted octanol–water partition coefficient (Wildman–Crippen LogP) is 0.924. The van der Waals surface area contributed by atoms with Crippen LogP contribution in [0.15, 0.2) is 24.3 Å². The van der Waals surface area contributed by atoms with Gasteiger partial charge in [0.1, 0.15) is 0 Å². The molecule has 1 aromatic rings. The van der Waals surface area contributed by atoms with Gasteiger partial charge in [0.05, 0.1) is 12.6 Å². The first kappa shape index (κ1) is 14.0. The Morgan fingerprint density at radius 1 is 1.42 bits per heavy atom. The number of nitrogens with zero attached hydrogens (tertiary/aromatic N) is 1. The van der Waals surface area contributed by atoms with Crippen molar-refractivity contribution in [1.29, 1.82) is 0 Å². The topological polar surface area (TPSA) is 52.6 Å². The van der Waals surface area contributed by atoms with Gasteiger partial charge in [0.2, 0.25) is 5.91 Å². The molecule has 0 aromatic heterocycles. The van der Waals surface area contributed by atoms with Gasteiger partial charge in [0.25, 0.3) is 0 Å². The van der Waals surface area contributed by atoms with Gasteiger partial charge in [0, 0.05) is 19.6 Å². The summed E-state index contributed by atoms with van der Waals surface area (Å²) in [4.78, 5) is 13.9. The fourth-order valence-corrected chi connectivity index (χ4v) is 2.44. The quantitative estimate of drug-likeness (QED) is 0.848. The molecule has 0 aliphatic carbocycles. The zero-order chi connectivity index (χ0) is 13.8. The lowest BCUT2D eigenvalue weighted by Gasteiger charge is -2.15. The Morgan fingerprint density at radius 3 is 2.79 bits per heavy atom. The Morgan fingerprint density at radius 2 is 2.16 bits per heavy atom. The number of aliphatic hydroxyl groups excluding tert-OH is 1. The monoisotopic (exact) mass is 262 g/mol. The van der Waals surface area contributed by atoms with E-state index in [1.54, 1.807) is 0 Å². The van der Waals surface area contributed by atoms with E-state index < -0.39 is 0 Å². The number of likely N-dealkylation sites (tertiary alicyclic amines) is 1. The van der Waals surface area contributed by atoms with E-state index in [1.807, 2.05) is 43.0 Å². The van der Waals surface area contributed by atoms with Crippen molar-refractivity contribution in [2.24, 2.45) is 5.92 Å². The molecule has 1 heterocycles. The Hall–Kier alpha value is -1.39. The molecule has 1 aliphatic heterocycles. The molecule has 1 aromatic carbocycles. The summed E-state index contributed by atoms with van der Waals surface area (Å²) in [5.74, 6) is 0.272. The van der Waals surface area contributed by atoms with Crippen molar-refractivity contribution in [3.63, 3.8) is 0 Å². The van der Waals surface area contributed by atoms with Crippen LogP contribution in [-0.4, -0.2) is 41.7 Å². The summed E-state index contributed by atoms with van der Waals surface area (Å²) in [5, 5.41) is 12.6. The van der Waals surface area contributed by atoms with Crippen molar-refractivity contribution in [2.75, 3.05) is 19.6 Å². The lowest BCUT2D eigenvalue weighted by atomic mass is 10.1. The Kier molecular flexibility index (Phi) is 4.56. The normalized spacial score (nSPS) is 23.5. The zero-order valence-corrected chi connectivity index (χ0v) is 11.6. The van der Waals surface area contributed by atoms with E-state index in [0.717, 1.165) is 12.1 Å². The minimum atomic E-state index is -0.302. The zero-order valence-electron chi connectivity index (χ0n) is 11.6. The minimum absolute atomic E-state index is 0.0181. The van der Waals surface area contributed by atoms with E-state index in [0.29, 0.717) is 19.6 Å². The first-order valence-corrected chi connectivity index (χ1v) is 6.78. The fourth-order valence-electron chi connectivity index (χ4n) is 2.44. The second-order valence-electron chi connectivity index (χ2n) is 5.44. The molecule has 1 saturated heterocycles. The maximum atomic E-state index is 11.9. The number of amides is 1. The molecule has 0 radical (unpaired) electrons. The summed E-state index contributed by atoms with van der Waals surface area (Å²) in [6, 6.07) is 8.04. The van der Waals surface area contributed by atoms with Crippen LogP contribution in [0.1, 0.15) is 18.1 Å². The third-order valence-electron chi connectivity index (χ3n) is 3.75. The van der Waals surface area contributed by atoms with Crippen LogP contribution in [0.2, 0.25) is 0 Å². The van der Waals surface area contributed by atoms with Crippen LogP contribution in [0.5, 0.6) is 0 Å². The molecule has 0 bridgehead atoms. The van der Waals surface area contributed by atoms with Crippen LogP contribution in [0.3, 0.4) is 0 Å². The van der Waals surface area contributed by atoms with Gasteiger partial charge in [-0.15, -0.1) is 0 Å². The predicted molar refractivity (Wildman–Crippen MR) is 74.6 cm³/mol. The van der Waals surface area contributed by atoms with Gasteiger partial charge in [-0.1, -0.05) is 31.2 Å². The smallest absolute Gasteiger partial charge is 0.234 e. The molecule has 4 nitrogen and oxygen atoms in total. The third-order valence-corrected chi connectivity index (χ3v) is 3.75. The van der Waals surface area contributed by atoms with Crippen molar-refractivity contribution in [1.82, 2.24) is 10.2 Å². The maximum Gasteiger partial charge on any atom is 0.234 e. The Bertz CT molecular complexity index is 438. The van der Waals surface area contributed by atoms with Gasteiger partial charge in [-0.05, 0) is 24.0 Å². The molecule has 2 atom stereocenters. The average molecular weight is 262 g/mol. The molecule has 1 fully saturated rings. The van der Waals surface area contributed by atoms with Gasteiger partial charge < -0.3 is 10.4 Å². The van der Waals surface area contributed by atoms with Gasteiger partial charge in [-0.25, -0.2) is 0 Å². The van der Waals surface area contributed by atoms with Crippen molar-refractivity contribution in [3.05, 3.63) is 35.4 Å². The molecule has 104 valence electrons. The third kappa shape index (κ3) is 3.78. The van der Waals surface area contributed by atoms with Crippen LogP contribution >= 0.6 is 0 Å². The van der Waals surface area contributed by atoms with Crippen molar-refractivity contribution in [3.8, 4) is 0 Å². The lowest BCUT2D eigenvalue weighted by Crippen LogP contribution is -2.36. The van der Waals surface area contributed by atoms with Crippen LogP contribution in [0.4, 0.5) is 0 Å². The highest BCUT2D eigenvalue weighted by molar-refractivity contribution is 5.78. The summed E-state index contributed by atoms with van der Waals surface area (Å²) in [5.41, 5.74) is 2.33. The number of hydrogen-bond donors (Lipinski definition) is 2. The van der Waals surface area contributed by atoms with Crippen LogP contribution in [0.25, 0.3) is 0 Å². The number of aryl methyl sites for hydroxylation is 1. The molecule has 0 spiro atoms. The molecule has 19 heavy (non-hydrogen) atoms. The molecule has 1 amide bonds. The second-order valence-corrected chi connectivity index (χ2v) is 5.44. The highest BCUT2D eigenvalue weighted by atomic mass is 16.3. The van der Waals surface area contributed by atoms with Gasteiger partial charge in [-0.2, -0.15) is 0 Å². The van der Waals surface area contributed by atoms with Gasteiger partial charge in [-0.3, -0.25) is 9.69 Å². The number of nitrogens with one attached hydrogen (secondary N) is 1. The highest BCUT2D eigenvalue weighted by Gasteiger charge is 2.28. The van der Waals surface area contributed by atoms with E-state index >= 15 is 0 Å². The van der Waals surface area contributed by atoms with Gasteiger partial charge in [0.15, 0.2) is 0 Å². The molecular weight excluding hydrogens is 240 g/mol. The number of aliphatic hydroxyl groups is 1. The summed E-state index contributed by atoms with van der Waals surface area (Å²) >= 11 is 0. The number of β-amino-alcohol motifs (C(OH)–C–C–N with tert-alkyl or cyclic N) is 1. The minimum Gasteiger partial charge on any atom is -0.391 e. The van der Waals surface area contributed by atoms with E-state index in [-0.39, 0.29) is 17.9 Å². The number of hydrogen-bond acceptors (Lipinski definition) is 3. The number of rotatable bonds is 4. The van der Waals surface area contributed by atoms with Crippen LogP contribution in [0, 0.1) is 12.8 Å². The SMILES string of the molecule is Cc1ccccc1CNC(=O)CN1C[C@@H](C)[C@@H](O)C1. The van der Waals surface area contributed by atoms with Crippen LogP contribution < -0.4 is 5.32 Å². The Balaban J connectivity index is 1.78. The largest absolute Gasteiger partial charge is 0.391 e.